The van der Waals surface area contributed by atoms with Gasteiger partial charge in [0.1, 0.15) is 24.9 Å². The van der Waals surface area contributed by atoms with Crippen LogP contribution in [0.2, 0.25) is 0 Å². The number of nitrogens with one attached hydrogen (secondary N) is 1. The van der Waals surface area contributed by atoms with E-state index in [1.54, 1.807) is 40.7 Å². The largest absolute Gasteiger partial charge is 0.464 e. The number of hydrogen-bond donors (Lipinski definition) is 1. The number of carbonyl (C=O) groups is 2. The molecule has 1 aliphatic heterocycles. The molecule has 0 unspecified atom stereocenters. The van der Waals surface area contributed by atoms with Gasteiger partial charge in [-0.15, -0.1) is 0 Å². The predicted octanol–water partition coefficient (Wildman–Crippen LogP) is 2.30. The van der Waals surface area contributed by atoms with Crippen molar-refractivity contribution in [1.82, 2.24) is 5.32 Å². The van der Waals surface area contributed by atoms with E-state index in [0.29, 0.717) is 12.8 Å². The van der Waals surface area contributed by atoms with Crippen molar-refractivity contribution >= 4 is 17.8 Å². The molecular formula is C19H30N2O7. The number of nitrogens with zero attached hydrogens (tertiary/aromatic N) is 1. The number of esters is 1. The first-order valence-electron chi connectivity index (χ1n) is 9.21. The first-order valence-corrected chi connectivity index (χ1v) is 9.21. The predicted molar refractivity (Wildman–Crippen MR) is 101 cm³/mol. The first-order chi connectivity index (χ1) is 13.0. The molecule has 1 saturated heterocycles. The Hall–Kier alpha value is -2.13. The number of fused-ring (bicyclic) bond motifs is 1. The number of amides is 1. The molecule has 28 heavy (non-hydrogen) atoms. The molecular weight excluding hydrogens is 368 g/mol. The van der Waals surface area contributed by atoms with E-state index < -0.39 is 35.7 Å². The molecule has 2 rings (SSSR count). The number of methoxy groups -OCH3 is 1. The quantitative estimate of drug-likeness (QED) is 0.440. The molecule has 158 valence electrons. The van der Waals surface area contributed by atoms with Gasteiger partial charge in [-0.1, -0.05) is 5.16 Å². The Morgan fingerprint density at radius 2 is 1.93 bits per heavy atom. The average Bonchev–Trinajstić information content (AvgIpc) is 2.89. The van der Waals surface area contributed by atoms with Crippen molar-refractivity contribution in [2.24, 2.45) is 5.16 Å². The molecule has 2 aliphatic rings. The zero-order chi connectivity index (χ0) is 21.1. The summed E-state index contributed by atoms with van der Waals surface area (Å²) in [7, 11) is 2.62. The van der Waals surface area contributed by atoms with Gasteiger partial charge in [-0.2, -0.15) is 0 Å². The molecule has 1 saturated carbocycles. The second kappa shape index (κ2) is 8.48. The van der Waals surface area contributed by atoms with Crippen LogP contribution >= 0.6 is 0 Å². The molecule has 1 heterocycles. The highest BCUT2D eigenvalue weighted by Gasteiger charge is 2.49. The maximum absolute atomic E-state index is 12.2. The van der Waals surface area contributed by atoms with Gasteiger partial charge in [-0.05, 0) is 59.1 Å². The highest BCUT2D eigenvalue weighted by Crippen LogP contribution is 2.39. The van der Waals surface area contributed by atoms with Crippen molar-refractivity contribution in [3.8, 4) is 0 Å². The van der Waals surface area contributed by atoms with E-state index in [0.717, 1.165) is 5.57 Å². The fourth-order valence-electron chi connectivity index (χ4n) is 3.27. The molecule has 0 aromatic carbocycles. The molecule has 0 spiro atoms. The molecule has 2 fully saturated rings. The summed E-state index contributed by atoms with van der Waals surface area (Å²) in [5.41, 5.74) is 0.256. The lowest BCUT2D eigenvalue weighted by molar-refractivity contribution is -0.145. The van der Waals surface area contributed by atoms with E-state index in [1.165, 1.54) is 14.2 Å². The third-order valence-corrected chi connectivity index (χ3v) is 4.24. The molecule has 0 aromatic heterocycles. The van der Waals surface area contributed by atoms with Crippen molar-refractivity contribution in [3.05, 3.63) is 11.6 Å². The Morgan fingerprint density at radius 3 is 2.50 bits per heavy atom. The Bertz CT molecular complexity index is 664. The fourth-order valence-corrected chi connectivity index (χ4v) is 3.27. The Labute approximate surface area is 165 Å². The van der Waals surface area contributed by atoms with Gasteiger partial charge in [0.05, 0.1) is 13.2 Å². The molecule has 0 radical (unpaired) electrons. The highest BCUT2D eigenvalue weighted by atomic mass is 16.8. The topological polar surface area (TPSA) is 105 Å². The zero-order valence-electron chi connectivity index (χ0n) is 17.5. The Balaban J connectivity index is 2.23. The molecule has 1 amide bonds. The lowest BCUT2D eigenvalue weighted by Crippen LogP contribution is -2.51. The second-order valence-corrected chi connectivity index (χ2v) is 8.18. The SMILES string of the molecule is CO/N=C(/C=C1/CC[C@@H](NC(=O)OC(C)(C)C)[C@@H]2OC(C)(C)O[C@H]12)C(=O)OC. The van der Waals surface area contributed by atoms with Crippen LogP contribution in [0.4, 0.5) is 4.79 Å². The van der Waals surface area contributed by atoms with Crippen LogP contribution in [-0.2, 0) is 28.6 Å². The fraction of sp³-hybridized carbons (Fsp3) is 0.737. The highest BCUT2D eigenvalue weighted by molar-refractivity contribution is 6.41. The lowest BCUT2D eigenvalue weighted by Gasteiger charge is -2.34. The van der Waals surface area contributed by atoms with Crippen LogP contribution in [0.1, 0.15) is 47.5 Å². The molecule has 1 N–H and O–H groups in total. The van der Waals surface area contributed by atoms with Gasteiger partial charge in [-0.3, -0.25) is 0 Å². The Kier molecular flexibility index (Phi) is 6.71. The number of alkyl carbamates (subject to hydrolysis) is 1. The van der Waals surface area contributed by atoms with Crippen LogP contribution in [0.3, 0.4) is 0 Å². The molecule has 3 atom stereocenters. The van der Waals surface area contributed by atoms with Gasteiger partial charge in [0.2, 0.25) is 0 Å². The van der Waals surface area contributed by atoms with Gasteiger partial charge in [0, 0.05) is 0 Å². The normalized spacial score (nSPS) is 28.5. The van der Waals surface area contributed by atoms with Crippen LogP contribution in [0.25, 0.3) is 0 Å². The second-order valence-electron chi connectivity index (χ2n) is 8.18. The maximum atomic E-state index is 12.2. The van der Waals surface area contributed by atoms with E-state index in [4.69, 9.17) is 23.8 Å². The smallest absolute Gasteiger partial charge is 0.407 e. The summed E-state index contributed by atoms with van der Waals surface area (Å²) in [6, 6.07) is -0.292. The first kappa shape index (κ1) is 22.2. The van der Waals surface area contributed by atoms with Crippen LogP contribution in [-0.4, -0.2) is 61.6 Å². The maximum Gasteiger partial charge on any atom is 0.407 e. The number of hydrogen-bond acceptors (Lipinski definition) is 8. The monoisotopic (exact) mass is 398 g/mol. The number of rotatable bonds is 4. The van der Waals surface area contributed by atoms with Crippen molar-refractivity contribution in [1.29, 1.82) is 0 Å². The van der Waals surface area contributed by atoms with Crippen molar-refractivity contribution in [3.63, 3.8) is 0 Å². The number of carbonyl (C=O) groups excluding carboxylic acids is 2. The van der Waals surface area contributed by atoms with Crippen LogP contribution in [0.15, 0.2) is 16.8 Å². The molecule has 0 aromatic rings. The van der Waals surface area contributed by atoms with E-state index in [2.05, 4.69) is 10.5 Å². The van der Waals surface area contributed by atoms with E-state index >= 15 is 0 Å². The van der Waals surface area contributed by atoms with Crippen molar-refractivity contribution in [2.75, 3.05) is 14.2 Å². The average molecular weight is 398 g/mol. The van der Waals surface area contributed by atoms with Crippen LogP contribution in [0, 0.1) is 0 Å². The van der Waals surface area contributed by atoms with E-state index in [9.17, 15) is 9.59 Å². The summed E-state index contributed by atoms with van der Waals surface area (Å²) in [6.45, 7) is 9.02. The standard InChI is InChI=1S/C19H30N2O7/c1-18(2,3)28-17(23)20-12-9-8-11(10-13(21-25-7)16(22)24-6)14-15(12)27-19(4,5)26-14/h10,12,14-15H,8-9H2,1-7H3,(H,20,23)/b11-10-,21-13-/t12-,14-,15+/m1/s1. The Morgan fingerprint density at radius 1 is 1.25 bits per heavy atom. The summed E-state index contributed by atoms with van der Waals surface area (Å²) >= 11 is 0. The van der Waals surface area contributed by atoms with Gasteiger partial charge in [0.25, 0.3) is 0 Å². The summed E-state index contributed by atoms with van der Waals surface area (Å²) in [5, 5.41) is 6.60. The third kappa shape index (κ3) is 5.68. The minimum Gasteiger partial charge on any atom is -0.464 e. The zero-order valence-corrected chi connectivity index (χ0v) is 17.5. The molecule has 0 bridgehead atoms. The van der Waals surface area contributed by atoms with Crippen LogP contribution < -0.4 is 5.32 Å². The van der Waals surface area contributed by atoms with E-state index in [1.807, 2.05) is 0 Å². The molecule has 9 heteroatoms. The van der Waals surface area contributed by atoms with Gasteiger partial charge >= 0.3 is 12.1 Å². The molecule has 1 aliphatic carbocycles. The minimum absolute atomic E-state index is 0.0330. The van der Waals surface area contributed by atoms with Crippen LogP contribution in [0.5, 0.6) is 0 Å². The van der Waals surface area contributed by atoms with Gasteiger partial charge in [-0.25, -0.2) is 9.59 Å². The summed E-state index contributed by atoms with van der Waals surface area (Å²) in [5.74, 6) is -1.45. The summed E-state index contributed by atoms with van der Waals surface area (Å²) in [6.07, 6.45) is 1.38. The van der Waals surface area contributed by atoms with Gasteiger partial charge < -0.3 is 29.1 Å². The minimum atomic E-state index is -0.837. The lowest BCUT2D eigenvalue weighted by atomic mass is 9.85. The third-order valence-electron chi connectivity index (χ3n) is 4.24. The summed E-state index contributed by atoms with van der Waals surface area (Å²) in [4.78, 5) is 28.9. The van der Waals surface area contributed by atoms with Crippen molar-refractivity contribution < 1.29 is 33.4 Å². The van der Waals surface area contributed by atoms with Gasteiger partial charge in [0.15, 0.2) is 11.5 Å². The van der Waals surface area contributed by atoms with Crippen molar-refractivity contribution in [2.45, 2.75) is 77.1 Å². The number of oxime groups is 1. The summed E-state index contributed by atoms with van der Waals surface area (Å²) < 4.78 is 22.2. The number of ether oxygens (including phenoxy) is 4. The molecule has 9 nitrogen and oxygen atoms in total. The van der Waals surface area contributed by atoms with E-state index in [-0.39, 0.29) is 11.8 Å².